The summed E-state index contributed by atoms with van der Waals surface area (Å²) in [7, 11) is 1.87. The van der Waals surface area contributed by atoms with Gasteiger partial charge in [-0.15, -0.1) is 21.5 Å². The van der Waals surface area contributed by atoms with Crippen LogP contribution in [0.15, 0.2) is 23.4 Å². The van der Waals surface area contributed by atoms with Gasteiger partial charge < -0.3 is 19.4 Å². The van der Waals surface area contributed by atoms with Crippen molar-refractivity contribution in [2.45, 2.75) is 77.7 Å². The van der Waals surface area contributed by atoms with E-state index in [1.165, 1.54) is 28.0 Å². The number of ether oxygens (including phenoxy) is 2. The van der Waals surface area contributed by atoms with Gasteiger partial charge in [0, 0.05) is 11.9 Å². The molecule has 0 bridgehead atoms. The first-order valence-corrected chi connectivity index (χ1v) is 14.4. The Bertz CT molecular complexity index is 1300. The molecule has 4 rings (SSSR count). The molecule has 198 valence electrons. The van der Waals surface area contributed by atoms with E-state index in [2.05, 4.69) is 28.5 Å². The maximum atomic E-state index is 12.9. The van der Waals surface area contributed by atoms with Crippen molar-refractivity contribution in [1.82, 2.24) is 14.8 Å². The summed E-state index contributed by atoms with van der Waals surface area (Å²) in [6, 6.07) is 5.97. The number of carbonyl (C=O) groups is 2. The monoisotopic (exact) mass is 542 g/mol. The second-order valence-corrected chi connectivity index (χ2v) is 11.6. The molecular weight excluding hydrogens is 508 g/mol. The molecule has 1 aliphatic carbocycles. The standard InChI is InChI=1S/C27H34N4O4S2/c1-15(2)34-26(33)23-19-11-7-8-13-21(19)37-25(23)28-22(32)14-36-27-30-29-24(31(27)6)18(5)35-20-12-9-10-16(3)17(20)4/h9-10,12,15,18H,7-8,11,13-14H2,1-6H3,(H,28,32). The number of hydrogen-bond acceptors (Lipinski definition) is 8. The van der Waals surface area contributed by atoms with Crippen LogP contribution in [0.5, 0.6) is 5.75 Å². The molecular formula is C27H34N4O4S2. The lowest BCUT2D eigenvalue weighted by Crippen LogP contribution is -2.19. The summed E-state index contributed by atoms with van der Waals surface area (Å²) in [6.45, 7) is 9.68. The lowest BCUT2D eigenvalue weighted by molar-refractivity contribution is -0.113. The predicted octanol–water partition coefficient (Wildman–Crippen LogP) is 5.81. The van der Waals surface area contributed by atoms with Crippen LogP contribution in [0.1, 0.15) is 77.5 Å². The Kier molecular flexibility index (Phi) is 8.59. The van der Waals surface area contributed by atoms with Crippen molar-refractivity contribution >= 4 is 40.0 Å². The average molecular weight is 543 g/mol. The van der Waals surface area contributed by atoms with Gasteiger partial charge in [0.15, 0.2) is 17.1 Å². The van der Waals surface area contributed by atoms with Gasteiger partial charge >= 0.3 is 5.97 Å². The molecule has 3 aromatic rings. The molecule has 1 aromatic carbocycles. The van der Waals surface area contributed by atoms with Crippen LogP contribution in [0, 0.1) is 13.8 Å². The fourth-order valence-corrected chi connectivity index (χ4v) is 6.35. The minimum Gasteiger partial charge on any atom is -0.482 e. The Labute approximate surface area is 226 Å². The number of esters is 1. The summed E-state index contributed by atoms with van der Waals surface area (Å²) in [6.07, 6.45) is 3.36. The molecule has 0 saturated heterocycles. The first kappa shape index (κ1) is 27.2. The van der Waals surface area contributed by atoms with E-state index >= 15 is 0 Å². The topological polar surface area (TPSA) is 95.3 Å². The summed E-state index contributed by atoms with van der Waals surface area (Å²) < 4.78 is 13.5. The Morgan fingerprint density at radius 3 is 2.68 bits per heavy atom. The molecule has 1 N–H and O–H groups in total. The third-order valence-corrected chi connectivity index (χ3v) is 8.62. The molecule has 1 unspecified atom stereocenters. The van der Waals surface area contributed by atoms with E-state index < -0.39 is 0 Å². The number of anilines is 1. The van der Waals surface area contributed by atoms with E-state index in [4.69, 9.17) is 9.47 Å². The second-order valence-electron chi connectivity index (χ2n) is 9.56. The van der Waals surface area contributed by atoms with Gasteiger partial charge in [-0.2, -0.15) is 0 Å². The number of nitrogens with zero attached hydrogens (tertiary/aromatic N) is 3. The molecule has 37 heavy (non-hydrogen) atoms. The molecule has 0 saturated carbocycles. The summed E-state index contributed by atoms with van der Waals surface area (Å²) in [5.41, 5.74) is 3.80. The fraction of sp³-hybridized carbons (Fsp3) is 0.481. The molecule has 1 aliphatic rings. The zero-order chi connectivity index (χ0) is 26.7. The zero-order valence-corrected chi connectivity index (χ0v) is 23.8. The van der Waals surface area contributed by atoms with Gasteiger partial charge in [0.1, 0.15) is 10.8 Å². The van der Waals surface area contributed by atoms with E-state index in [9.17, 15) is 9.59 Å². The van der Waals surface area contributed by atoms with Gasteiger partial charge in [-0.3, -0.25) is 4.79 Å². The van der Waals surface area contributed by atoms with E-state index in [0.29, 0.717) is 21.5 Å². The third kappa shape index (κ3) is 6.18. The van der Waals surface area contributed by atoms with Crippen LogP contribution in [-0.4, -0.2) is 38.5 Å². The summed E-state index contributed by atoms with van der Waals surface area (Å²) in [5, 5.41) is 12.7. The van der Waals surface area contributed by atoms with Crippen molar-refractivity contribution < 1.29 is 19.1 Å². The molecule has 0 spiro atoms. The SMILES string of the molecule is Cc1cccc(OC(C)c2nnc(SCC(=O)Nc3sc4c(c3C(=O)OC(C)C)CCCC4)n2C)c1C. The van der Waals surface area contributed by atoms with E-state index in [0.717, 1.165) is 48.1 Å². The van der Waals surface area contributed by atoms with Crippen molar-refractivity contribution in [2.24, 2.45) is 7.05 Å². The molecule has 10 heteroatoms. The van der Waals surface area contributed by atoms with Crippen LogP contribution in [0.4, 0.5) is 5.00 Å². The fourth-order valence-electron chi connectivity index (χ4n) is 4.34. The Morgan fingerprint density at radius 2 is 1.92 bits per heavy atom. The number of hydrogen-bond donors (Lipinski definition) is 1. The zero-order valence-electron chi connectivity index (χ0n) is 22.2. The summed E-state index contributed by atoms with van der Waals surface area (Å²) >= 11 is 2.78. The van der Waals surface area contributed by atoms with Gasteiger partial charge in [0.2, 0.25) is 5.91 Å². The molecule has 1 atom stereocenters. The van der Waals surface area contributed by atoms with Crippen molar-refractivity contribution in [2.75, 3.05) is 11.1 Å². The number of nitrogens with one attached hydrogen (secondary N) is 1. The highest BCUT2D eigenvalue weighted by atomic mass is 32.2. The summed E-state index contributed by atoms with van der Waals surface area (Å²) in [4.78, 5) is 26.9. The van der Waals surface area contributed by atoms with E-state index in [1.54, 1.807) is 0 Å². The highest BCUT2D eigenvalue weighted by molar-refractivity contribution is 7.99. The highest BCUT2D eigenvalue weighted by Gasteiger charge is 2.28. The van der Waals surface area contributed by atoms with Crippen LogP contribution < -0.4 is 10.1 Å². The quantitative estimate of drug-likeness (QED) is 0.269. The van der Waals surface area contributed by atoms with Crippen LogP contribution in [-0.2, 0) is 29.4 Å². The minimum absolute atomic E-state index is 0.138. The highest BCUT2D eigenvalue weighted by Crippen LogP contribution is 2.39. The number of carbonyl (C=O) groups excluding carboxylic acids is 2. The van der Waals surface area contributed by atoms with Crippen LogP contribution in [0.3, 0.4) is 0 Å². The number of aryl methyl sites for hydroxylation is 2. The van der Waals surface area contributed by atoms with Crippen LogP contribution >= 0.6 is 23.1 Å². The molecule has 0 fully saturated rings. The number of aromatic nitrogens is 3. The maximum Gasteiger partial charge on any atom is 0.341 e. The normalized spacial score (nSPS) is 13.8. The van der Waals surface area contributed by atoms with Crippen molar-refractivity contribution in [3.63, 3.8) is 0 Å². The maximum absolute atomic E-state index is 12.9. The molecule has 1 amide bonds. The van der Waals surface area contributed by atoms with Crippen LogP contribution in [0.2, 0.25) is 0 Å². The van der Waals surface area contributed by atoms with Crippen molar-refractivity contribution in [1.29, 1.82) is 0 Å². The smallest absolute Gasteiger partial charge is 0.341 e. The Morgan fingerprint density at radius 1 is 1.16 bits per heavy atom. The molecule has 0 radical (unpaired) electrons. The largest absolute Gasteiger partial charge is 0.482 e. The Hall–Kier alpha value is -2.85. The number of amides is 1. The Balaban J connectivity index is 1.42. The average Bonchev–Trinajstić information content (AvgIpc) is 3.39. The van der Waals surface area contributed by atoms with Crippen LogP contribution in [0.25, 0.3) is 0 Å². The molecule has 2 heterocycles. The van der Waals surface area contributed by atoms with Crippen molar-refractivity contribution in [3.8, 4) is 5.75 Å². The minimum atomic E-state index is -0.367. The van der Waals surface area contributed by atoms with Gasteiger partial charge in [-0.25, -0.2) is 4.79 Å². The summed E-state index contributed by atoms with van der Waals surface area (Å²) in [5.74, 6) is 1.06. The second kappa shape index (κ2) is 11.7. The first-order chi connectivity index (χ1) is 17.7. The van der Waals surface area contributed by atoms with Gasteiger partial charge in [0.05, 0.1) is 17.4 Å². The number of benzene rings is 1. The van der Waals surface area contributed by atoms with Crippen molar-refractivity contribution in [3.05, 3.63) is 51.2 Å². The third-order valence-electron chi connectivity index (χ3n) is 6.39. The number of fused-ring (bicyclic) bond motifs is 1. The van der Waals surface area contributed by atoms with Gasteiger partial charge in [-0.1, -0.05) is 23.9 Å². The molecule has 8 nitrogen and oxygen atoms in total. The predicted molar refractivity (Wildman–Crippen MR) is 147 cm³/mol. The number of thioether (sulfide) groups is 1. The van der Waals surface area contributed by atoms with Gasteiger partial charge in [0.25, 0.3) is 0 Å². The lowest BCUT2D eigenvalue weighted by Gasteiger charge is -2.17. The molecule has 0 aliphatic heterocycles. The molecule has 2 aromatic heterocycles. The number of rotatable bonds is 9. The first-order valence-electron chi connectivity index (χ1n) is 12.6. The number of thiophene rings is 1. The van der Waals surface area contributed by atoms with E-state index in [-0.39, 0.29) is 29.8 Å². The van der Waals surface area contributed by atoms with E-state index in [1.807, 2.05) is 51.4 Å². The van der Waals surface area contributed by atoms with Gasteiger partial charge in [-0.05, 0) is 83.1 Å². The lowest BCUT2D eigenvalue weighted by atomic mass is 9.95.